The highest BCUT2D eigenvalue weighted by Crippen LogP contribution is 2.31. The summed E-state index contributed by atoms with van der Waals surface area (Å²) in [7, 11) is 1.78. The van der Waals surface area contributed by atoms with Crippen LogP contribution in [0, 0.1) is 5.82 Å². The second kappa shape index (κ2) is 10.1. The van der Waals surface area contributed by atoms with E-state index in [0.717, 1.165) is 64.8 Å². The third-order valence-corrected chi connectivity index (χ3v) is 6.89. The Morgan fingerprint density at radius 2 is 1.70 bits per heavy atom. The van der Waals surface area contributed by atoms with Crippen molar-refractivity contribution in [1.29, 1.82) is 0 Å². The molecule has 2 aromatic carbocycles. The maximum Gasteiger partial charge on any atom is 0.227 e. The lowest BCUT2D eigenvalue weighted by molar-refractivity contribution is 0.0663. The number of benzene rings is 3. The maximum atomic E-state index is 13.8. The lowest BCUT2D eigenvalue weighted by Crippen LogP contribution is -2.25. The number of rotatable bonds is 5. The number of methoxy groups -OCH3 is 1. The Morgan fingerprint density at radius 1 is 0.946 bits per heavy atom. The van der Waals surface area contributed by atoms with Gasteiger partial charge in [0.15, 0.2) is 0 Å². The van der Waals surface area contributed by atoms with Gasteiger partial charge in [0.05, 0.1) is 45.6 Å². The molecular weight excluding hydrogens is 467 g/mol. The molecule has 0 amide bonds. The molecule has 0 saturated heterocycles. The van der Waals surface area contributed by atoms with Gasteiger partial charge in [-0.05, 0) is 80.3 Å². The van der Waals surface area contributed by atoms with Gasteiger partial charge in [-0.2, -0.15) is 0 Å². The number of hydrogen-bond donors (Lipinski definition) is 1. The molecule has 0 radical (unpaired) electrons. The number of nitrogens with zero attached hydrogens (tertiary/aromatic N) is 5. The fraction of sp³-hybridized carbons (Fsp3) is 0.241. The summed E-state index contributed by atoms with van der Waals surface area (Å²) >= 11 is 0. The van der Waals surface area contributed by atoms with Crippen molar-refractivity contribution in [3.63, 3.8) is 0 Å². The molecule has 0 atom stereocenters. The van der Waals surface area contributed by atoms with E-state index in [1.165, 1.54) is 12.1 Å². The second-order valence-corrected chi connectivity index (χ2v) is 9.26. The molecule has 1 N–H and O–H groups in total. The molecule has 0 spiro atoms. The van der Waals surface area contributed by atoms with Gasteiger partial charge in [0.25, 0.3) is 0 Å². The summed E-state index contributed by atoms with van der Waals surface area (Å²) in [6.07, 6.45) is 7.61. The molecule has 0 bridgehead atoms. The summed E-state index contributed by atoms with van der Waals surface area (Å²) < 4.78 is 21.5. The van der Waals surface area contributed by atoms with E-state index in [2.05, 4.69) is 25.9 Å². The standard InChI is InChI=1S/C29H27FN6O/c1-37-22-13-9-20(10-14-22)33-25-18-28-26(17-24(25)35-29-31-15-4-16-32-29)34-23-5-2-3-6-27(23)36(28)21-11-7-19(30)8-12-21/h2-8,11-12,15-18,20,22H,9-10,13-14H2,1H3,(H,31,32,35). The Hall–Kier alpha value is -4.17. The quantitative estimate of drug-likeness (QED) is 0.319. The van der Waals surface area contributed by atoms with E-state index < -0.39 is 0 Å². The Bertz CT molecular complexity index is 1560. The summed E-state index contributed by atoms with van der Waals surface area (Å²) in [6, 6.07) is 20.5. The Labute approximate surface area is 214 Å². The molecule has 1 aromatic heterocycles. The predicted octanol–water partition coefficient (Wildman–Crippen LogP) is 5.66. The van der Waals surface area contributed by atoms with Crippen LogP contribution < -0.4 is 10.7 Å². The number of ether oxygens (including phenoxy) is 1. The summed E-state index contributed by atoms with van der Waals surface area (Å²) in [5, 5.41) is 4.16. The first-order valence-electron chi connectivity index (χ1n) is 12.5. The molecule has 3 aliphatic rings. The van der Waals surface area contributed by atoms with E-state index in [1.807, 2.05) is 30.3 Å². The van der Waals surface area contributed by atoms with Crippen LogP contribution in [0.1, 0.15) is 25.7 Å². The number of hydrogen-bond acceptors (Lipinski definition) is 6. The largest absolute Gasteiger partial charge is 0.381 e. The maximum absolute atomic E-state index is 13.8. The van der Waals surface area contributed by atoms with Crippen molar-refractivity contribution < 1.29 is 9.13 Å². The lowest BCUT2D eigenvalue weighted by Gasteiger charge is -2.25. The van der Waals surface area contributed by atoms with Crippen molar-refractivity contribution in [3.05, 3.63) is 90.3 Å². The van der Waals surface area contributed by atoms with Gasteiger partial charge in [0, 0.05) is 25.2 Å². The highest BCUT2D eigenvalue weighted by molar-refractivity contribution is 5.84. The molecule has 1 fully saturated rings. The Morgan fingerprint density at radius 3 is 2.46 bits per heavy atom. The zero-order valence-corrected chi connectivity index (χ0v) is 20.5. The molecule has 2 aliphatic carbocycles. The van der Waals surface area contributed by atoms with Gasteiger partial charge in [-0.25, -0.2) is 19.3 Å². The smallest absolute Gasteiger partial charge is 0.227 e. The van der Waals surface area contributed by atoms with Gasteiger partial charge in [-0.15, -0.1) is 0 Å². The predicted molar refractivity (Wildman–Crippen MR) is 142 cm³/mol. The molecule has 8 heteroatoms. The van der Waals surface area contributed by atoms with E-state index >= 15 is 0 Å². The normalized spacial score (nSPS) is 18.4. The molecule has 6 rings (SSSR count). The van der Waals surface area contributed by atoms with Crippen LogP contribution >= 0.6 is 0 Å². The van der Waals surface area contributed by atoms with Crippen molar-refractivity contribution in [3.8, 4) is 17.1 Å². The molecule has 186 valence electrons. The third kappa shape index (κ3) is 4.80. The molecule has 1 aliphatic heterocycles. The van der Waals surface area contributed by atoms with Gasteiger partial charge < -0.3 is 14.6 Å². The van der Waals surface area contributed by atoms with Crippen LogP contribution in [0.5, 0.6) is 0 Å². The van der Waals surface area contributed by atoms with Crippen molar-refractivity contribution in [2.45, 2.75) is 37.8 Å². The SMILES string of the molecule is COC1CCC(N=c2cc3n(-c4ccc(F)cc4)c4ccccc4nc-3cc2Nc2ncccn2)CC1. The van der Waals surface area contributed by atoms with Crippen LogP contribution in [0.2, 0.25) is 0 Å². The van der Waals surface area contributed by atoms with Gasteiger partial charge in [0.2, 0.25) is 5.95 Å². The van der Waals surface area contributed by atoms with Gasteiger partial charge in [-0.3, -0.25) is 4.99 Å². The summed E-state index contributed by atoms with van der Waals surface area (Å²) in [4.78, 5) is 18.8. The molecule has 7 nitrogen and oxygen atoms in total. The Kier molecular flexibility index (Phi) is 6.32. The second-order valence-electron chi connectivity index (χ2n) is 9.26. The molecule has 0 unspecified atom stereocenters. The number of fused-ring (bicyclic) bond motifs is 2. The topological polar surface area (TPSA) is 77.2 Å². The van der Waals surface area contributed by atoms with E-state index in [9.17, 15) is 4.39 Å². The first kappa shape index (κ1) is 23.2. The first-order valence-corrected chi connectivity index (χ1v) is 12.5. The molecule has 1 saturated carbocycles. The number of para-hydroxylation sites is 2. The van der Waals surface area contributed by atoms with Crippen LogP contribution in [-0.4, -0.2) is 38.8 Å². The Balaban J connectivity index is 1.57. The van der Waals surface area contributed by atoms with Gasteiger partial charge in [0.1, 0.15) is 5.82 Å². The van der Waals surface area contributed by atoms with Crippen LogP contribution in [0.3, 0.4) is 0 Å². The minimum Gasteiger partial charge on any atom is -0.381 e. The number of halogens is 1. The van der Waals surface area contributed by atoms with Crippen LogP contribution in [0.25, 0.3) is 28.1 Å². The van der Waals surface area contributed by atoms with Gasteiger partial charge in [-0.1, -0.05) is 12.1 Å². The summed E-state index contributed by atoms with van der Waals surface area (Å²) in [5.41, 5.74) is 5.08. The van der Waals surface area contributed by atoms with E-state index in [-0.39, 0.29) is 11.9 Å². The minimum atomic E-state index is -0.274. The van der Waals surface area contributed by atoms with Crippen molar-refractivity contribution in [2.24, 2.45) is 4.99 Å². The fourth-order valence-corrected chi connectivity index (χ4v) is 5.01. The average molecular weight is 495 g/mol. The zero-order valence-electron chi connectivity index (χ0n) is 20.5. The summed E-state index contributed by atoms with van der Waals surface area (Å²) in [6.45, 7) is 0. The molecule has 3 aromatic rings. The van der Waals surface area contributed by atoms with E-state index in [0.29, 0.717) is 12.1 Å². The van der Waals surface area contributed by atoms with Crippen molar-refractivity contribution in [2.75, 3.05) is 12.4 Å². The van der Waals surface area contributed by atoms with E-state index in [4.69, 9.17) is 14.7 Å². The van der Waals surface area contributed by atoms with Crippen molar-refractivity contribution >= 4 is 22.7 Å². The number of aromatic nitrogens is 4. The van der Waals surface area contributed by atoms with Crippen LogP contribution in [0.4, 0.5) is 16.0 Å². The fourth-order valence-electron chi connectivity index (χ4n) is 5.01. The van der Waals surface area contributed by atoms with Crippen LogP contribution in [0.15, 0.2) is 84.1 Å². The van der Waals surface area contributed by atoms with Gasteiger partial charge >= 0.3 is 0 Å². The minimum absolute atomic E-state index is 0.189. The van der Waals surface area contributed by atoms with Crippen LogP contribution in [-0.2, 0) is 4.74 Å². The molecular formula is C29H27FN6O. The summed E-state index contributed by atoms with van der Waals surface area (Å²) in [5.74, 6) is 0.220. The first-order chi connectivity index (χ1) is 18.2. The lowest BCUT2D eigenvalue weighted by atomic mass is 9.93. The number of anilines is 2. The van der Waals surface area contributed by atoms with E-state index in [1.54, 1.807) is 37.7 Å². The highest BCUT2D eigenvalue weighted by atomic mass is 19.1. The molecule has 2 heterocycles. The zero-order chi connectivity index (χ0) is 25.2. The number of nitrogens with one attached hydrogen (secondary N) is 1. The van der Waals surface area contributed by atoms with Crippen molar-refractivity contribution in [1.82, 2.24) is 19.5 Å². The monoisotopic (exact) mass is 494 g/mol. The third-order valence-electron chi connectivity index (χ3n) is 6.89. The highest BCUT2D eigenvalue weighted by Gasteiger charge is 2.21. The average Bonchev–Trinajstić information content (AvgIpc) is 2.94. The molecule has 37 heavy (non-hydrogen) atoms.